The second kappa shape index (κ2) is 6.28. The zero-order valence-corrected chi connectivity index (χ0v) is 11.7. The molecule has 100 valence electrons. The third kappa shape index (κ3) is 3.50. The van der Waals surface area contributed by atoms with Crippen LogP contribution in [0.5, 0.6) is 0 Å². The highest BCUT2D eigenvalue weighted by atomic mass is 15.2. The van der Waals surface area contributed by atoms with Gasteiger partial charge in [0.05, 0.1) is 0 Å². The van der Waals surface area contributed by atoms with Crippen molar-refractivity contribution in [3.05, 3.63) is 60.7 Å². The molecule has 0 unspecified atom stereocenters. The maximum Gasteiger partial charge on any atom is 0.107 e. The first kappa shape index (κ1) is 13.5. The summed E-state index contributed by atoms with van der Waals surface area (Å²) in [5.74, 6) is 0. The lowest BCUT2D eigenvalue weighted by molar-refractivity contribution is 0.494. The van der Waals surface area contributed by atoms with E-state index in [1.54, 1.807) is 0 Å². The molecule has 2 nitrogen and oxygen atoms in total. The zero-order chi connectivity index (χ0) is 13.6. The summed E-state index contributed by atoms with van der Waals surface area (Å²) in [4.78, 5) is 0. The monoisotopic (exact) mass is 254 g/mol. The van der Waals surface area contributed by atoms with Crippen LogP contribution in [-0.4, -0.2) is 5.66 Å². The predicted molar refractivity (Wildman–Crippen MR) is 83.4 cm³/mol. The summed E-state index contributed by atoms with van der Waals surface area (Å²) in [5.41, 5.74) is 2.19. The average Bonchev–Trinajstić information content (AvgIpc) is 2.48. The van der Waals surface area contributed by atoms with Crippen LogP contribution in [0.15, 0.2) is 60.7 Å². The van der Waals surface area contributed by atoms with Crippen LogP contribution in [0.4, 0.5) is 11.4 Å². The van der Waals surface area contributed by atoms with Crippen molar-refractivity contribution in [3.63, 3.8) is 0 Å². The van der Waals surface area contributed by atoms with Gasteiger partial charge in [0.1, 0.15) is 5.66 Å². The van der Waals surface area contributed by atoms with Crippen molar-refractivity contribution in [2.24, 2.45) is 0 Å². The molecule has 2 rings (SSSR count). The van der Waals surface area contributed by atoms with Gasteiger partial charge in [-0.2, -0.15) is 0 Å². The summed E-state index contributed by atoms with van der Waals surface area (Å²) >= 11 is 0. The minimum absolute atomic E-state index is 0.108. The molecule has 2 aromatic carbocycles. The number of benzene rings is 2. The Balaban J connectivity index is 2.18. The number of para-hydroxylation sites is 2. The fourth-order valence-corrected chi connectivity index (χ4v) is 2.23. The lowest BCUT2D eigenvalue weighted by Crippen LogP contribution is -2.45. The van der Waals surface area contributed by atoms with Gasteiger partial charge in [-0.1, -0.05) is 50.2 Å². The van der Waals surface area contributed by atoms with Gasteiger partial charge in [0.2, 0.25) is 0 Å². The summed E-state index contributed by atoms with van der Waals surface area (Å²) in [6.45, 7) is 4.41. The Kier molecular flexibility index (Phi) is 4.45. The van der Waals surface area contributed by atoms with Crippen LogP contribution in [0.2, 0.25) is 0 Å². The molecule has 2 heteroatoms. The maximum absolute atomic E-state index is 3.63. The molecule has 2 N–H and O–H groups in total. The molecule has 0 aliphatic carbocycles. The quantitative estimate of drug-likeness (QED) is 0.728. The Morgan fingerprint density at radius 2 is 1.05 bits per heavy atom. The first-order valence-corrected chi connectivity index (χ1v) is 6.94. The molecule has 0 saturated heterocycles. The smallest absolute Gasteiger partial charge is 0.107 e. The molecule has 0 radical (unpaired) electrons. The van der Waals surface area contributed by atoms with E-state index in [0.29, 0.717) is 0 Å². The molecule has 2 aromatic rings. The SMILES string of the molecule is CCC(CC)(Nc1ccccc1)Nc1ccccc1. The van der Waals surface area contributed by atoms with E-state index in [1.807, 2.05) is 12.1 Å². The van der Waals surface area contributed by atoms with Gasteiger partial charge in [-0.3, -0.25) is 0 Å². The molecule has 0 atom stereocenters. The minimum atomic E-state index is -0.108. The van der Waals surface area contributed by atoms with Gasteiger partial charge in [-0.05, 0) is 37.1 Å². The van der Waals surface area contributed by atoms with Gasteiger partial charge < -0.3 is 10.6 Å². The number of nitrogens with one attached hydrogen (secondary N) is 2. The van der Waals surface area contributed by atoms with E-state index in [1.165, 1.54) is 0 Å². The van der Waals surface area contributed by atoms with E-state index < -0.39 is 0 Å². The summed E-state index contributed by atoms with van der Waals surface area (Å²) in [5, 5.41) is 7.26. The van der Waals surface area contributed by atoms with Crippen LogP contribution < -0.4 is 10.6 Å². The summed E-state index contributed by atoms with van der Waals surface area (Å²) < 4.78 is 0. The number of anilines is 2. The molecule has 0 heterocycles. The second-order valence-electron chi connectivity index (χ2n) is 4.77. The molecule has 0 aliphatic rings. The van der Waals surface area contributed by atoms with Crippen molar-refractivity contribution in [2.45, 2.75) is 32.4 Å². The molecule has 0 fully saturated rings. The Hall–Kier alpha value is -1.96. The van der Waals surface area contributed by atoms with Crippen molar-refractivity contribution in [3.8, 4) is 0 Å². The van der Waals surface area contributed by atoms with Crippen molar-refractivity contribution in [1.82, 2.24) is 0 Å². The molecule has 0 spiro atoms. The van der Waals surface area contributed by atoms with E-state index >= 15 is 0 Å². The number of hydrogen-bond acceptors (Lipinski definition) is 2. The van der Waals surface area contributed by atoms with Gasteiger partial charge in [0, 0.05) is 11.4 Å². The summed E-state index contributed by atoms with van der Waals surface area (Å²) in [7, 11) is 0. The second-order valence-corrected chi connectivity index (χ2v) is 4.77. The fourth-order valence-electron chi connectivity index (χ4n) is 2.23. The Labute approximate surface area is 115 Å². The molecule has 0 aromatic heterocycles. The maximum atomic E-state index is 3.63. The number of rotatable bonds is 6. The van der Waals surface area contributed by atoms with E-state index in [-0.39, 0.29) is 5.66 Å². The van der Waals surface area contributed by atoms with E-state index in [9.17, 15) is 0 Å². The lowest BCUT2D eigenvalue weighted by Gasteiger charge is -2.36. The highest BCUT2D eigenvalue weighted by Crippen LogP contribution is 2.24. The first-order chi connectivity index (χ1) is 9.28. The molecular formula is C17H22N2. The number of hydrogen-bond donors (Lipinski definition) is 2. The molecular weight excluding hydrogens is 232 g/mol. The molecule has 0 amide bonds. The van der Waals surface area contributed by atoms with Crippen LogP contribution in [-0.2, 0) is 0 Å². The van der Waals surface area contributed by atoms with Crippen LogP contribution in [0, 0.1) is 0 Å². The largest absolute Gasteiger partial charge is 0.363 e. The van der Waals surface area contributed by atoms with Gasteiger partial charge in [0.25, 0.3) is 0 Å². The standard InChI is InChI=1S/C17H22N2/c1-3-17(4-2,18-15-11-7-5-8-12-15)19-16-13-9-6-10-14-16/h5-14,18-19H,3-4H2,1-2H3. The van der Waals surface area contributed by atoms with Crippen LogP contribution in [0.3, 0.4) is 0 Å². The molecule has 0 bridgehead atoms. The Bertz CT molecular complexity index is 432. The average molecular weight is 254 g/mol. The van der Waals surface area contributed by atoms with Crippen molar-refractivity contribution < 1.29 is 0 Å². The lowest BCUT2D eigenvalue weighted by atomic mass is 10.0. The van der Waals surface area contributed by atoms with Gasteiger partial charge in [0.15, 0.2) is 0 Å². The Morgan fingerprint density at radius 3 is 1.37 bits per heavy atom. The fraction of sp³-hybridized carbons (Fsp3) is 0.294. The topological polar surface area (TPSA) is 24.1 Å². The van der Waals surface area contributed by atoms with Crippen molar-refractivity contribution in [1.29, 1.82) is 0 Å². The molecule has 19 heavy (non-hydrogen) atoms. The van der Waals surface area contributed by atoms with E-state index in [4.69, 9.17) is 0 Å². The predicted octanol–water partition coefficient (Wildman–Crippen LogP) is 4.73. The molecule has 0 aliphatic heterocycles. The highest BCUT2D eigenvalue weighted by Gasteiger charge is 2.25. The summed E-state index contributed by atoms with van der Waals surface area (Å²) in [6.07, 6.45) is 2.01. The zero-order valence-electron chi connectivity index (χ0n) is 11.7. The first-order valence-electron chi connectivity index (χ1n) is 6.94. The molecule has 0 saturated carbocycles. The van der Waals surface area contributed by atoms with Crippen LogP contribution in [0.25, 0.3) is 0 Å². The van der Waals surface area contributed by atoms with Crippen molar-refractivity contribution >= 4 is 11.4 Å². The third-order valence-electron chi connectivity index (χ3n) is 3.52. The summed E-state index contributed by atoms with van der Waals surface area (Å²) in [6, 6.07) is 20.7. The van der Waals surface area contributed by atoms with Gasteiger partial charge in [-0.15, -0.1) is 0 Å². The normalized spacial score (nSPS) is 11.1. The third-order valence-corrected chi connectivity index (χ3v) is 3.52. The highest BCUT2D eigenvalue weighted by molar-refractivity contribution is 5.51. The minimum Gasteiger partial charge on any atom is -0.363 e. The Morgan fingerprint density at radius 1 is 0.684 bits per heavy atom. The van der Waals surface area contributed by atoms with Crippen LogP contribution >= 0.6 is 0 Å². The van der Waals surface area contributed by atoms with E-state index in [2.05, 4.69) is 73.0 Å². The van der Waals surface area contributed by atoms with Gasteiger partial charge in [-0.25, -0.2) is 0 Å². The van der Waals surface area contributed by atoms with Crippen LogP contribution in [0.1, 0.15) is 26.7 Å². The van der Waals surface area contributed by atoms with Gasteiger partial charge >= 0.3 is 0 Å². The van der Waals surface area contributed by atoms with E-state index in [0.717, 1.165) is 24.2 Å². The van der Waals surface area contributed by atoms with Crippen molar-refractivity contribution in [2.75, 3.05) is 10.6 Å².